The number of rotatable bonds is 4. The van der Waals surface area contributed by atoms with E-state index >= 15 is 0 Å². The Bertz CT molecular complexity index is 1150. The number of halogens is 3. The minimum atomic E-state index is -0.453. The predicted molar refractivity (Wildman–Crippen MR) is 132 cm³/mol. The van der Waals surface area contributed by atoms with Crippen molar-refractivity contribution < 1.29 is 4.39 Å². The van der Waals surface area contributed by atoms with Crippen LogP contribution in [0.15, 0.2) is 42.6 Å². The van der Waals surface area contributed by atoms with E-state index in [9.17, 15) is 4.39 Å². The molecule has 2 aliphatic heterocycles. The second-order valence-corrected chi connectivity index (χ2v) is 9.35. The molecule has 0 aliphatic carbocycles. The highest BCUT2D eigenvalue weighted by atomic mass is 35.5. The van der Waals surface area contributed by atoms with Gasteiger partial charge in [0.15, 0.2) is 0 Å². The first-order valence-corrected chi connectivity index (χ1v) is 12.0. The van der Waals surface area contributed by atoms with E-state index in [1.165, 1.54) is 6.07 Å². The Morgan fingerprint density at radius 1 is 0.939 bits per heavy atom. The summed E-state index contributed by atoms with van der Waals surface area (Å²) in [4.78, 5) is 20.9. The zero-order valence-electron chi connectivity index (χ0n) is 18.4. The van der Waals surface area contributed by atoms with Crippen molar-refractivity contribution in [2.45, 2.75) is 25.8 Å². The number of hydrogen-bond acceptors (Lipinski definition) is 6. The second-order valence-electron chi connectivity index (χ2n) is 8.53. The third-order valence-corrected chi connectivity index (χ3v) is 6.87. The van der Waals surface area contributed by atoms with Gasteiger partial charge < -0.3 is 14.7 Å². The van der Waals surface area contributed by atoms with E-state index in [0.29, 0.717) is 22.2 Å². The molecule has 4 heterocycles. The fraction of sp³-hybridized carbons (Fsp3) is 0.375. The number of nitrogens with zero attached hydrogens (tertiary/aromatic N) is 6. The van der Waals surface area contributed by atoms with Crippen LogP contribution in [0.3, 0.4) is 0 Å². The Morgan fingerprint density at radius 3 is 2.48 bits per heavy atom. The summed E-state index contributed by atoms with van der Waals surface area (Å²) in [6.45, 7) is 6.33. The van der Waals surface area contributed by atoms with Crippen molar-refractivity contribution in [1.29, 1.82) is 0 Å². The van der Waals surface area contributed by atoms with Crippen molar-refractivity contribution in [2.24, 2.45) is 0 Å². The Labute approximate surface area is 203 Å². The van der Waals surface area contributed by atoms with Crippen molar-refractivity contribution in [2.75, 3.05) is 47.4 Å². The summed E-state index contributed by atoms with van der Waals surface area (Å²) >= 11 is 12.3. The summed E-state index contributed by atoms with van der Waals surface area (Å²) in [7, 11) is 0. The first-order chi connectivity index (χ1) is 16.0. The molecule has 2 fully saturated rings. The van der Waals surface area contributed by atoms with E-state index in [-0.39, 0.29) is 11.1 Å². The topological polar surface area (TPSA) is 48.4 Å². The summed E-state index contributed by atoms with van der Waals surface area (Å²) in [5, 5.41) is 0.759. The van der Waals surface area contributed by atoms with Gasteiger partial charge in [-0.2, -0.15) is 4.98 Å². The minimum Gasteiger partial charge on any atom is -0.352 e. The molecule has 5 rings (SSSR count). The first kappa shape index (κ1) is 22.2. The monoisotopic (exact) mass is 486 g/mol. The number of benzene rings is 1. The standard InChI is InChI=1S/C24H25Cl2FN6/c1-16-15-32(23-19(26)5-4-8-28-23)11-12-33(16)22-14-21(17-6-7-18(25)20(27)13-17)29-24(30-22)31-9-2-3-10-31/h4-8,13-14,16H,2-3,9-12,15H2,1H3/t16-/m0/s1. The molecule has 0 amide bonds. The SMILES string of the molecule is C[C@H]1CN(c2ncccc2Cl)CCN1c1cc(-c2ccc(Cl)c(F)c2)nc(N2CCCC2)n1. The van der Waals surface area contributed by atoms with E-state index < -0.39 is 5.82 Å². The van der Waals surface area contributed by atoms with Crippen LogP contribution in [0.25, 0.3) is 11.3 Å². The Kier molecular flexibility index (Phi) is 6.25. The first-order valence-electron chi connectivity index (χ1n) is 11.2. The smallest absolute Gasteiger partial charge is 0.227 e. The summed E-state index contributed by atoms with van der Waals surface area (Å²) < 4.78 is 14.2. The van der Waals surface area contributed by atoms with Gasteiger partial charge in [-0.1, -0.05) is 29.3 Å². The second kappa shape index (κ2) is 9.31. The molecule has 0 N–H and O–H groups in total. The van der Waals surface area contributed by atoms with E-state index in [0.717, 1.165) is 57.2 Å². The van der Waals surface area contributed by atoms with Gasteiger partial charge in [0.2, 0.25) is 5.95 Å². The zero-order chi connectivity index (χ0) is 22.9. The molecule has 33 heavy (non-hydrogen) atoms. The van der Waals surface area contributed by atoms with Gasteiger partial charge >= 0.3 is 0 Å². The number of piperazine rings is 1. The molecule has 0 spiro atoms. The molecule has 0 radical (unpaired) electrons. The van der Waals surface area contributed by atoms with Crippen LogP contribution in [-0.4, -0.2) is 53.7 Å². The van der Waals surface area contributed by atoms with Gasteiger partial charge in [0.1, 0.15) is 17.5 Å². The summed E-state index contributed by atoms with van der Waals surface area (Å²) in [6.07, 6.45) is 4.01. The van der Waals surface area contributed by atoms with Crippen molar-refractivity contribution in [3.05, 3.63) is 58.5 Å². The average Bonchev–Trinajstić information content (AvgIpc) is 3.36. The van der Waals surface area contributed by atoms with E-state index in [2.05, 4.69) is 26.6 Å². The van der Waals surface area contributed by atoms with Gasteiger partial charge in [-0.25, -0.2) is 14.4 Å². The molecule has 172 valence electrons. The van der Waals surface area contributed by atoms with Crippen molar-refractivity contribution in [1.82, 2.24) is 15.0 Å². The number of anilines is 3. The van der Waals surface area contributed by atoms with Crippen LogP contribution in [0.2, 0.25) is 10.0 Å². The van der Waals surface area contributed by atoms with Crippen molar-refractivity contribution in [3.8, 4) is 11.3 Å². The number of pyridine rings is 1. The third-order valence-electron chi connectivity index (χ3n) is 6.27. The Hall–Kier alpha value is -2.64. The maximum Gasteiger partial charge on any atom is 0.227 e. The van der Waals surface area contributed by atoms with Gasteiger partial charge in [0.05, 0.1) is 15.7 Å². The Morgan fingerprint density at radius 2 is 1.76 bits per heavy atom. The van der Waals surface area contributed by atoms with E-state index in [1.807, 2.05) is 18.2 Å². The zero-order valence-corrected chi connectivity index (χ0v) is 19.9. The maximum atomic E-state index is 14.2. The van der Waals surface area contributed by atoms with Crippen LogP contribution >= 0.6 is 23.2 Å². The molecule has 1 aromatic carbocycles. The van der Waals surface area contributed by atoms with Gasteiger partial charge in [-0.3, -0.25) is 0 Å². The molecule has 0 bridgehead atoms. The van der Waals surface area contributed by atoms with Crippen molar-refractivity contribution >= 4 is 40.8 Å². The fourth-order valence-corrected chi connectivity index (χ4v) is 4.89. The maximum absolute atomic E-state index is 14.2. The average molecular weight is 487 g/mol. The van der Waals surface area contributed by atoms with E-state index in [4.69, 9.17) is 33.2 Å². The van der Waals surface area contributed by atoms with E-state index in [1.54, 1.807) is 18.3 Å². The van der Waals surface area contributed by atoms with Crippen molar-refractivity contribution in [3.63, 3.8) is 0 Å². The molecular weight excluding hydrogens is 462 g/mol. The van der Waals surface area contributed by atoms with Crippen LogP contribution in [0.4, 0.5) is 22.0 Å². The highest BCUT2D eigenvalue weighted by Crippen LogP contribution is 2.31. The molecule has 2 saturated heterocycles. The normalized spacial score (nSPS) is 18.8. The van der Waals surface area contributed by atoms with Gasteiger partial charge in [0, 0.05) is 56.6 Å². The lowest BCUT2D eigenvalue weighted by Crippen LogP contribution is -2.52. The fourth-order valence-electron chi connectivity index (χ4n) is 4.53. The Balaban J connectivity index is 1.47. The third kappa shape index (κ3) is 4.57. The number of aromatic nitrogens is 3. The molecule has 9 heteroatoms. The summed E-state index contributed by atoms with van der Waals surface area (Å²) in [5.74, 6) is 1.89. The lowest BCUT2D eigenvalue weighted by Gasteiger charge is -2.41. The predicted octanol–water partition coefficient (Wildman–Crippen LogP) is 5.30. The summed E-state index contributed by atoms with van der Waals surface area (Å²) in [6, 6.07) is 10.6. The molecule has 2 aliphatic rings. The van der Waals surface area contributed by atoms with Crippen LogP contribution < -0.4 is 14.7 Å². The van der Waals surface area contributed by atoms with Gasteiger partial charge in [-0.05, 0) is 44.0 Å². The van der Waals surface area contributed by atoms with Crippen LogP contribution in [0.1, 0.15) is 19.8 Å². The molecule has 1 atom stereocenters. The molecule has 0 unspecified atom stereocenters. The highest BCUT2D eigenvalue weighted by Gasteiger charge is 2.28. The molecule has 2 aromatic heterocycles. The van der Waals surface area contributed by atoms with Gasteiger partial charge in [0.25, 0.3) is 0 Å². The lowest BCUT2D eigenvalue weighted by molar-refractivity contribution is 0.542. The minimum absolute atomic E-state index is 0.103. The molecule has 3 aromatic rings. The lowest BCUT2D eigenvalue weighted by atomic mass is 10.1. The summed E-state index contributed by atoms with van der Waals surface area (Å²) in [5.41, 5.74) is 1.38. The number of hydrogen-bond donors (Lipinski definition) is 0. The molecular formula is C24H25Cl2FN6. The quantitative estimate of drug-likeness (QED) is 0.498. The largest absolute Gasteiger partial charge is 0.352 e. The highest BCUT2D eigenvalue weighted by molar-refractivity contribution is 6.33. The molecule has 6 nitrogen and oxygen atoms in total. The van der Waals surface area contributed by atoms with Crippen LogP contribution in [0.5, 0.6) is 0 Å². The van der Waals surface area contributed by atoms with Gasteiger partial charge in [-0.15, -0.1) is 0 Å². The van der Waals surface area contributed by atoms with Crippen LogP contribution in [-0.2, 0) is 0 Å². The van der Waals surface area contributed by atoms with Crippen LogP contribution in [0, 0.1) is 5.82 Å². The molecule has 0 saturated carbocycles.